The maximum atomic E-state index is 14.3. The van der Waals surface area contributed by atoms with Crippen molar-refractivity contribution >= 4 is 11.0 Å². The number of H-pyrrole nitrogens is 1. The summed E-state index contributed by atoms with van der Waals surface area (Å²) in [6.45, 7) is 3.89. The molecular formula is C22H23FN2O. The van der Waals surface area contributed by atoms with E-state index in [4.69, 9.17) is 0 Å². The van der Waals surface area contributed by atoms with Gasteiger partial charge in [-0.05, 0) is 86.8 Å². The molecule has 0 radical (unpaired) electrons. The first-order chi connectivity index (χ1) is 12.5. The van der Waals surface area contributed by atoms with Crippen molar-refractivity contribution in [3.05, 3.63) is 75.0 Å². The number of rotatable bonds is 2. The second kappa shape index (κ2) is 6.67. The molecule has 0 spiro atoms. The van der Waals surface area contributed by atoms with Crippen LogP contribution in [0.1, 0.15) is 59.9 Å². The van der Waals surface area contributed by atoms with Gasteiger partial charge in [-0.1, -0.05) is 12.1 Å². The first-order valence-corrected chi connectivity index (χ1v) is 9.28. The molecule has 0 atom stereocenters. The topological polar surface area (TPSA) is 45.8 Å². The summed E-state index contributed by atoms with van der Waals surface area (Å²) in [6, 6.07) is 11.3. The third kappa shape index (κ3) is 3.05. The number of hydrogen-bond acceptors (Lipinski definition) is 2. The van der Waals surface area contributed by atoms with Gasteiger partial charge in [-0.3, -0.25) is 4.79 Å². The molecule has 1 N–H and O–H groups in total. The molecule has 134 valence electrons. The van der Waals surface area contributed by atoms with Gasteiger partial charge >= 0.3 is 0 Å². The van der Waals surface area contributed by atoms with Gasteiger partial charge in [-0.2, -0.15) is 0 Å². The quantitative estimate of drug-likeness (QED) is 0.697. The minimum atomic E-state index is -0.0987. The zero-order valence-corrected chi connectivity index (χ0v) is 15.2. The van der Waals surface area contributed by atoms with Crippen LogP contribution in [-0.4, -0.2) is 9.97 Å². The van der Waals surface area contributed by atoms with Gasteiger partial charge in [0, 0.05) is 16.6 Å². The second-order valence-electron chi connectivity index (χ2n) is 7.46. The smallest absolute Gasteiger partial charge is 0.253 e. The molecule has 0 saturated heterocycles. The van der Waals surface area contributed by atoms with Crippen LogP contribution in [0.25, 0.3) is 11.0 Å². The first kappa shape index (κ1) is 17.0. The van der Waals surface area contributed by atoms with Crippen LogP contribution in [0, 0.1) is 19.7 Å². The SMILES string of the molecule is Cc1ccc2cc(C3CCC(c4c(C)cccc4F)CC3)c(=O)[nH]c2n1. The highest BCUT2D eigenvalue weighted by molar-refractivity contribution is 5.75. The van der Waals surface area contributed by atoms with E-state index in [9.17, 15) is 9.18 Å². The van der Waals surface area contributed by atoms with Crippen molar-refractivity contribution in [2.45, 2.75) is 51.4 Å². The summed E-state index contributed by atoms with van der Waals surface area (Å²) < 4.78 is 14.3. The normalized spacial score (nSPS) is 20.4. The highest BCUT2D eigenvalue weighted by atomic mass is 19.1. The number of aryl methyl sites for hydroxylation is 2. The van der Waals surface area contributed by atoms with Crippen molar-refractivity contribution in [1.82, 2.24) is 9.97 Å². The number of halogens is 1. The van der Waals surface area contributed by atoms with Gasteiger partial charge in [-0.15, -0.1) is 0 Å². The predicted octanol–water partition coefficient (Wildman–Crippen LogP) is 5.12. The van der Waals surface area contributed by atoms with E-state index in [0.717, 1.165) is 53.5 Å². The fourth-order valence-corrected chi connectivity index (χ4v) is 4.36. The molecule has 1 aromatic carbocycles. The van der Waals surface area contributed by atoms with E-state index in [1.807, 2.05) is 38.1 Å². The largest absolute Gasteiger partial charge is 0.306 e. The lowest BCUT2D eigenvalue weighted by Gasteiger charge is -2.29. The predicted molar refractivity (Wildman–Crippen MR) is 102 cm³/mol. The number of pyridine rings is 2. The van der Waals surface area contributed by atoms with Crippen molar-refractivity contribution in [2.75, 3.05) is 0 Å². The van der Waals surface area contributed by atoms with Gasteiger partial charge in [0.15, 0.2) is 0 Å². The average molecular weight is 350 g/mol. The van der Waals surface area contributed by atoms with E-state index < -0.39 is 0 Å². The van der Waals surface area contributed by atoms with Crippen molar-refractivity contribution in [3.8, 4) is 0 Å². The molecule has 4 rings (SSSR count). The third-order valence-corrected chi connectivity index (χ3v) is 5.72. The van der Waals surface area contributed by atoms with Crippen LogP contribution in [0.4, 0.5) is 4.39 Å². The Bertz CT molecular complexity index is 996. The average Bonchev–Trinajstić information content (AvgIpc) is 2.61. The molecule has 0 bridgehead atoms. The Morgan fingerprint density at radius 2 is 1.77 bits per heavy atom. The molecule has 0 aliphatic heterocycles. The van der Waals surface area contributed by atoms with Crippen LogP contribution in [0.5, 0.6) is 0 Å². The van der Waals surface area contributed by atoms with E-state index in [1.165, 1.54) is 0 Å². The summed E-state index contributed by atoms with van der Waals surface area (Å²) in [5.74, 6) is 0.377. The Balaban J connectivity index is 1.58. The van der Waals surface area contributed by atoms with Gasteiger partial charge in [0.2, 0.25) is 0 Å². The molecule has 3 nitrogen and oxygen atoms in total. The van der Waals surface area contributed by atoms with Crippen molar-refractivity contribution in [2.24, 2.45) is 0 Å². The summed E-state index contributed by atoms with van der Waals surface area (Å²) in [5.41, 5.74) is 4.22. The van der Waals surface area contributed by atoms with Crippen LogP contribution in [0.15, 0.2) is 41.2 Å². The van der Waals surface area contributed by atoms with E-state index >= 15 is 0 Å². The summed E-state index contributed by atoms with van der Waals surface area (Å²) in [6.07, 6.45) is 3.64. The molecule has 2 aromatic heterocycles. The first-order valence-electron chi connectivity index (χ1n) is 9.28. The zero-order valence-electron chi connectivity index (χ0n) is 15.2. The Kier molecular flexibility index (Phi) is 4.35. The molecule has 1 fully saturated rings. The fourth-order valence-electron chi connectivity index (χ4n) is 4.36. The van der Waals surface area contributed by atoms with Gasteiger partial charge in [0.25, 0.3) is 5.56 Å². The van der Waals surface area contributed by atoms with Crippen molar-refractivity contribution < 1.29 is 4.39 Å². The lowest BCUT2D eigenvalue weighted by atomic mass is 9.75. The number of hydrogen-bond donors (Lipinski definition) is 1. The van der Waals surface area contributed by atoms with Gasteiger partial charge < -0.3 is 4.98 Å². The van der Waals surface area contributed by atoms with E-state index in [0.29, 0.717) is 5.65 Å². The van der Waals surface area contributed by atoms with E-state index in [-0.39, 0.29) is 23.2 Å². The van der Waals surface area contributed by atoms with Crippen LogP contribution >= 0.6 is 0 Å². The number of fused-ring (bicyclic) bond motifs is 1. The molecular weight excluding hydrogens is 327 g/mol. The maximum absolute atomic E-state index is 14.3. The number of nitrogens with one attached hydrogen (secondary N) is 1. The summed E-state index contributed by atoms with van der Waals surface area (Å²) in [4.78, 5) is 19.9. The van der Waals surface area contributed by atoms with Crippen LogP contribution < -0.4 is 5.56 Å². The van der Waals surface area contributed by atoms with Crippen LogP contribution in [0.3, 0.4) is 0 Å². The molecule has 1 aliphatic rings. The lowest BCUT2D eigenvalue weighted by Crippen LogP contribution is -2.21. The molecule has 3 aromatic rings. The minimum Gasteiger partial charge on any atom is -0.306 e. The zero-order chi connectivity index (χ0) is 18.3. The summed E-state index contributed by atoms with van der Waals surface area (Å²) in [7, 11) is 0. The second-order valence-corrected chi connectivity index (χ2v) is 7.46. The van der Waals surface area contributed by atoms with Crippen molar-refractivity contribution in [3.63, 3.8) is 0 Å². The van der Waals surface area contributed by atoms with Gasteiger partial charge in [0.1, 0.15) is 11.5 Å². The fraction of sp³-hybridized carbons (Fsp3) is 0.364. The number of benzene rings is 1. The van der Waals surface area contributed by atoms with Crippen LogP contribution in [0.2, 0.25) is 0 Å². The van der Waals surface area contributed by atoms with Gasteiger partial charge in [-0.25, -0.2) is 9.37 Å². The summed E-state index contributed by atoms with van der Waals surface area (Å²) >= 11 is 0. The Hall–Kier alpha value is -2.49. The molecule has 0 unspecified atom stereocenters. The molecule has 0 amide bonds. The number of aromatic nitrogens is 2. The van der Waals surface area contributed by atoms with Crippen molar-refractivity contribution in [1.29, 1.82) is 0 Å². The minimum absolute atomic E-state index is 0.0406. The molecule has 26 heavy (non-hydrogen) atoms. The van der Waals surface area contributed by atoms with E-state index in [2.05, 4.69) is 9.97 Å². The molecule has 4 heteroatoms. The monoisotopic (exact) mass is 350 g/mol. The van der Waals surface area contributed by atoms with E-state index in [1.54, 1.807) is 12.1 Å². The summed E-state index contributed by atoms with van der Waals surface area (Å²) in [5, 5.41) is 0.970. The molecule has 1 aliphatic carbocycles. The Morgan fingerprint density at radius 1 is 1.04 bits per heavy atom. The molecule has 1 saturated carbocycles. The van der Waals surface area contributed by atoms with Gasteiger partial charge in [0.05, 0.1) is 0 Å². The molecule has 2 heterocycles. The Morgan fingerprint density at radius 3 is 2.50 bits per heavy atom. The maximum Gasteiger partial charge on any atom is 0.253 e. The lowest BCUT2D eigenvalue weighted by molar-refractivity contribution is 0.385. The standard InChI is InChI=1S/C22H23FN2O/c1-13-4-3-5-19(23)20(13)16-10-8-15(9-11-16)18-12-17-7-6-14(2)24-21(17)25-22(18)26/h3-7,12,15-16H,8-11H2,1-2H3,(H,24,25,26). The van der Waals surface area contributed by atoms with Crippen LogP contribution in [-0.2, 0) is 0 Å². The highest BCUT2D eigenvalue weighted by Crippen LogP contribution is 2.41. The Labute approximate surface area is 152 Å². The highest BCUT2D eigenvalue weighted by Gasteiger charge is 2.27. The number of nitrogens with zero attached hydrogens (tertiary/aromatic N) is 1. The third-order valence-electron chi connectivity index (χ3n) is 5.72. The number of aromatic amines is 1.